The van der Waals surface area contributed by atoms with Crippen LogP contribution in [0, 0.1) is 0 Å². The van der Waals surface area contributed by atoms with Crippen molar-refractivity contribution in [3.8, 4) is 0 Å². The van der Waals surface area contributed by atoms with Gasteiger partial charge in [0.15, 0.2) is 0 Å². The van der Waals surface area contributed by atoms with Crippen molar-refractivity contribution in [1.29, 1.82) is 0 Å². The lowest BCUT2D eigenvalue weighted by Gasteiger charge is -2.15. The van der Waals surface area contributed by atoms with E-state index in [9.17, 15) is 22.8 Å². The van der Waals surface area contributed by atoms with Crippen molar-refractivity contribution in [2.75, 3.05) is 5.32 Å². The molecule has 1 aromatic heterocycles. The van der Waals surface area contributed by atoms with E-state index in [2.05, 4.69) is 26.6 Å². The van der Waals surface area contributed by atoms with Crippen LogP contribution in [0.4, 0.5) is 18.9 Å². The van der Waals surface area contributed by atoms with Gasteiger partial charge in [0.1, 0.15) is 6.04 Å². The standard InChI is InChI=1S/C15H12BrF3N2O2S/c1-8(20-14(23)12-3-2-6-24-12)13(22)21-9-4-5-11(16)10(7-9)15(17,18)19/h2-8H,1H3,(H,20,23)(H,21,22). The Labute approximate surface area is 148 Å². The number of anilines is 1. The van der Waals surface area contributed by atoms with Crippen LogP contribution in [0.15, 0.2) is 40.2 Å². The quantitative estimate of drug-likeness (QED) is 0.774. The number of thiophene rings is 1. The van der Waals surface area contributed by atoms with Crippen LogP contribution >= 0.6 is 27.3 Å². The highest BCUT2D eigenvalue weighted by Gasteiger charge is 2.33. The summed E-state index contributed by atoms with van der Waals surface area (Å²) in [5, 5.41) is 6.57. The van der Waals surface area contributed by atoms with Gasteiger partial charge in [0, 0.05) is 10.2 Å². The first-order valence-corrected chi connectivity index (χ1v) is 8.37. The van der Waals surface area contributed by atoms with Crippen LogP contribution in [0.1, 0.15) is 22.2 Å². The molecule has 2 aromatic rings. The summed E-state index contributed by atoms with van der Waals surface area (Å²) in [4.78, 5) is 24.4. The molecule has 0 aliphatic heterocycles. The molecule has 0 bridgehead atoms. The van der Waals surface area contributed by atoms with E-state index in [1.165, 1.54) is 30.4 Å². The Kier molecular flexibility index (Phi) is 5.66. The van der Waals surface area contributed by atoms with Gasteiger partial charge in [-0.3, -0.25) is 9.59 Å². The molecule has 0 saturated heterocycles. The molecule has 9 heteroatoms. The maximum Gasteiger partial charge on any atom is 0.417 e. The molecule has 2 amide bonds. The number of halogens is 4. The number of benzene rings is 1. The Morgan fingerprint density at radius 1 is 1.25 bits per heavy atom. The molecule has 0 spiro atoms. The van der Waals surface area contributed by atoms with E-state index in [1.54, 1.807) is 17.5 Å². The number of nitrogens with one attached hydrogen (secondary N) is 2. The second-order valence-electron chi connectivity index (χ2n) is 4.85. The highest BCUT2D eigenvalue weighted by molar-refractivity contribution is 9.10. The minimum Gasteiger partial charge on any atom is -0.340 e. The molecule has 128 valence electrons. The van der Waals surface area contributed by atoms with Crippen molar-refractivity contribution in [2.24, 2.45) is 0 Å². The lowest BCUT2D eigenvalue weighted by atomic mass is 10.2. The fraction of sp³-hybridized carbons (Fsp3) is 0.200. The normalized spacial score (nSPS) is 12.5. The van der Waals surface area contributed by atoms with E-state index in [-0.39, 0.29) is 10.2 Å². The number of hydrogen-bond acceptors (Lipinski definition) is 3. The van der Waals surface area contributed by atoms with Gasteiger partial charge in [-0.2, -0.15) is 13.2 Å². The van der Waals surface area contributed by atoms with Gasteiger partial charge in [-0.05, 0) is 36.6 Å². The molecule has 1 unspecified atom stereocenters. The summed E-state index contributed by atoms with van der Waals surface area (Å²) in [5.74, 6) is -1.03. The van der Waals surface area contributed by atoms with E-state index >= 15 is 0 Å². The van der Waals surface area contributed by atoms with Crippen molar-refractivity contribution >= 4 is 44.8 Å². The Hall–Kier alpha value is -1.87. The summed E-state index contributed by atoms with van der Waals surface area (Å²) >= 11 is 4.05. The van der Waals surface area contributed by atoms with Crippen molar-refractivity contribution in [2.45, 2.75) is 19.1 Å². The summed E-state index contributed by atoms with van der Waals surface area (Å²) in [6, 6.07) is 5.77. The second kappa shape index (κ2) is 7.35. The van der Waals surface area contributed by atoms with Crippen LogP contribution < -0.4 is 10.6 Å². The molecular weight excluding hydrogens is 409 g/mol. The van der Waals surface area contributed by atoms with Gasteiger partial charge in [-0.15, -0.1) is 11.3 Å². The van der Waals surface area contributed by atoms with Crippen LogP contribution in [-0.4, -0.2) is 17.9 Å². The van der Waals surface area contributed by atoms with E-state index in [1.807, 2.05) is 0 Å². The van der Waals surface area contributed by atoms with Crippen LogP contribution in [-0.2, 0) is 11.0 Å². The third kappa shape index (κ3) is 4.57. The van der Waals surface area contributed by atoms with E-state index in [0.29, 0.717) is 4.88 Å². The summed E-state index contributed by atoms with van der Waals surface area (Å²) < 4.78 is 38.4. The first kappa shape index (κ1) is 18.5. The summed E-state index contributed by atoms with van der Waals surface area (Å²) in [6.07, 6.45) is -4.54. The van der Waals surface area contributed by atoms with Crippen molar-refractivity contribution in [3.05, 3.63) is 50.6 Å². The van der Waals surface area contributed by atoms with Crippen molar-refractivity contribution in [1.82, 2.24) is 5.32 Å². The molecule has 2 rings (SSSR count). The summed E-state index contributed by atoms with van der Waals surface area (Å²) in [5.41, 5.74) is -0.900. The number of carbonyl (C=O) groups excluding carboxylic acids is 2. The molecule has 0 aliphatic rings. The summed E-state index contributed by atoms with van der Waals surface area (Å²) in [6.45, 7) is 1.45. The number of hydrogen-bond donors (Lipinski definition) is 2. The highest BCUT2D eigenvalue weighted by atomic mass is 79.9. The van der Waals surface area contributed by atoms with Gasteiger partial charge in [0.25, 0.3) is 5.91 Å². The first-order chi connectivity index (χ1) is 11.2. The molecule has 1 aromatic carbocycles. The van der Waals surface area contributed by atoms with Crippen LogP contribution in [0.5, 0.6) is 0 Å². The fourth-order valence-corrected chi connectivity index (χ4v) is 2.91. The van der Waals surface area contributed by atoms with Crippen LogP contribution in [0.2, 0.25) is 0 Å². The van der Waals surface area contributed by atoms with E-state index in [0.717, 1.165) is 6.07 Å². The van der Waals surface area contributed by atoms with Gasteiger partial charge in [0.05, 0.1) is 10.4 Å². The minimum absolute atomic E-state index is 0.00672. The average molecular weight is 421 g/mol. The van der Waals surface area contributed by atoms with Crippen molar-refractivity contribution < 1.29 is 22.8 Å². The van der Waals surface area contributed by atoms with Gasteiger partial charge in [0.2, 0.25) is 5.91 Å². The second-order valence-corrected chi connectivity index (χ2v) is 6.66. The third-order valence-electron chi connectivity index (χ3n) is 3.03. The maximum absolute atomic E-state index is 12.9. The zero-order valence-corrected chi connectivity index (χ0v) is 14.7. The monoisotopic (exact) mass is 420 g/mol. The number of rotatable bonds is 4. The largest absolute Gasteiger partial charge is 0.417 e. The molecule has 2 N–H and O–H groups in total. The Morgan fingerprint density at radius 2 is 1.96 bits per heavy atom. The summed E-state index contributed by atoms with van der Waals surface area (Å²) in [7, 11) is 0. The Morgan fingerprint density at radius 3 is 2.54 bits per heavy atom. The van der Waals surface area contributed by atoms with Crippen LogP contribution in [0.25, 0.3) is 0 Å². The van der Waals surface area contributed by atoms with E-state index in [4.69, 9.17) is 0 Å². The first-order valence-electron chi connectivity index (χ1n) is 6.70. The number of amides is 2. The van der Waals surface area contributed by atoms with Crippen LogP contribution in [0.3, 0.4) is 0 Å². The molecule has 4 nitrogen and oxygen atoms in total. The Bertz CT molecular complexity index is 748. The third-order valence-corrected chi connectivity index (χ3v) is 4.59. The molecular formula is C15H12BrF3N2O2S. The lowest BCUT2D eigenvalue weighted by Crippen LogP contribution is -2.41. The van der Waals surface area contributed by atoms with Gasteiger partial charge in [-0.1, -0.05) is 22.0 Å². The predicted molar refractivity (Wildman–Crippen MR) is 89.0 cm³/mol. The Balaban J connectivity index is 2.05. The number of alkyl halides is 3. The lowest BCUT2D eigenvalue weighted by molar-refractivity contribution is -0.138. The minimum atomic E-state index is -4.54. The smallest absolute Gasteiger partial charge is 0.340 e. The highest BCUT2D eigenvalue weighted by Crippen LogP contribution is 2.36. The fourth-order valence-electron chi connectivity index (χ4n) is 1.81. The topological polar surface area (TPSA) is 58.2 Å². The molecule has 0 aliphatic carbocycles. The molecule has 0 fully saturated rings. The zero-order valence-electron chi connectivity index (χ0n) is 12.3. The molecule has 1 heterocycles. The van der Waals surface area contributed by atoms with Gasteiger partial charge >= 0.3 is 6.18 Å². The average Bonchev–Trinajstić information content (AvgIpc) is 3.02. The molecule has 0 radical (unpaired) electrons. The molecule has 1 atom stereocenters. The molecule has 0 saturated carbocycles. The number of carbonyl (C=O) groups is 2. The predicted octanol–water partition coefficient (Wildman–Crippen LogP) is 4.29. The van der Waals surface area contributed by atoms with E-state index < -0.39 is 29.6 Å². The maximum atomic E-state index is 12.9. The van der Waals surface area contributed by atoms with Gasteiger partial charge < -0.3 is 10.6 Å². The molecule has 24 heavy (non-hydrogen) atoms. The SMILES string of the molecule is CC(NC(=O)c1cccs1)C(=O)Nc1ccc(Br)c(C(F)(F)F)c1. The van der Waals surface area contributed by atoms with Gasteiger partial charge in [-0.25, -0.2) is 0 Å². The zero-order chi connectivity index (χ0) is 17.9. The van der Waals surface area contributed by atoms with Crippen molar-refractivity contribution in [3.63, 3.8) is 0 Å².